The lowest BCUT2D eigenvalue weighted by atomic mass is 10.1. The number of esters is 1. The molecule has 0 aromatic rings. The molecule has 1 aliphatic carbocycles. The monoisotopic (exact) mass is 286 g/mol. The van der Waals surface area contributed by atoms with Crippen molar-refractivity contribution in [3.63, 3.8) is 0 Å². The van der Waals surface area contributed by atoms with Crippen LogP contribution in [0.15, 0.2) is 0 Å². The number of hydrogen-bond acceptors (Lipinski definition) is 4. The van der Waals surface area contributed by atoms with Crippen LogP contribution in [0, 0.1) is 11.8 Å². The minimum Gasteiger partial charge on any atom is -0.469 e. The Hall–Kier alpha value is -0.683. The third kappa shape index (κ3) is 4.42. The zero-order valence-corrected chi connectivity index (χ0v) is 13.9. The number of ether oxygens (including phenoxy) is 1. The van der Waals surface area contributed by atoms with Gasteiger partial charge in [0.25, 0.3) is 0 Å². The molecule has 0 radical (unpaired) electrons. The molecule has 0 aromatic carbocycles. The summed E-state index contributed by atoms with van der Waals surface area (Å²) < 4.78 is 10.6. The predicted molar refractivity (Wildman–Crippen MR) is 76.4 cm³/mol. The highest BCUT2D eigenvalue weighted by Crippen LogP contribution is 2.43. The molecule has 0 heterocycles. The summed E-state index contributed by atoms with van der Waals surface area (Å²) >= 11 is 0. The van der Waals surface area contributed by atoms with E-state index in [0.29, 0.717) is 12.5 Å². The van der Waals surface area contributed by atoms with Crippen LogP contribution in [0.1, 0.15) is 33.6 Å². The smallest absolute Gasteiger partial charge is 0.313 e. The number of rotatable bonds is 6. The van der Waals surface area contributed by atoms with E-state index in [1.165, 1.54) is 7.11 Å². The van der Waals surface area contributed by atoms with Gasteiger partial charge < -0.3 is 9.16 Å². The summed E-state index contributed by atoms with van der Waals surface area (Å²) in [6, 6.07) is 0. The molecular formula is C14H26O4Si. The van der Waals surface area contributed by atoms with E-state index in [1.807, 2.05) is 0 Å². The molecule has 4 nitrogen and oxygen atoms in total. The average Bonchev–Trinajstić information content (AvgIpc) is 3.04. The lowest BCUT2D eigenvalue weighted by Gasteiger charge is -2.36. The summed E-state index contributed by atoms with van der Waals surface area (Å²) in [6.45, 7) is 11.7. The van der Waals surface area contributed by atoms with Crippen molar-refractivity contribution in [2.45, 2.75) is 51.7 Å². The van der Waals surface area contributed by atoms with Gasteiger partial charge in [-0.1, -0.05) is 20.8 Å². The van der Waals surface area contributed by atoms with Crippen molar-refractivity contribution < 1.29 is 18.8 Å². The maximum atomic E-state index is 11.8. The largest absolute Gasteiger partial charge is 0.469 e. The van der Waals surface area contributed by atoms with Gasteiger partial charge in [0.1, 0.15) is 12.2 Å². The van der Waals surface area contributed by atoms with Crippen LogP contribution in [0.2, 0.25) is 18.1 Å². The van der Waals surface area contributed by atoms with Crippen molar-refractivity contribution in [3.05, 3.63) is 0 Å². The minimum atomic E-state index is -1.73. The second-order valence-electron chi connectivity index (χ2n) is 6.89. The standard InChI is InChI=1S/C14H26O4Si/c1-14(2,3)19(5,6)18-9-10-7-11(10)12(15)8-13(16)17-4/h10-11H,7-9H2,1-6H3/t10-,11-/m1/s1. The van der Waals surface area contributed by atoms with Crippen LogP contribution < -0.4 is 0 Å². The molecule has 0 unspecified atom stereocenters. The number of carbonyl (C=O) groups is 2. The maximum absolute atomic E-state index is 11.8. The van der Waals surface area contributed by atoms with E-state index in [0.717, 1.165) is 6.42 Å². The highest BCUT2D eigenvalue weighted by Gasteiger charge is 2.45. The predicted octanol–water partition coefficient (Wildman–Crippen LogP) is 2.78. The van der Waals surface area contributed by atoms with Crippen molar-refractivity contribution in [2.24, 2.45) is 11.8 Å². The fraction of sp³-hybridized carbons (Fsp3) is 0.857. The Balaban J connectivity index is 2.36. The fourth-order valence-corrected chi connectivity index (χ4v) is 2.77. The van der Waals surface area contributed by atoms with Gasteiger partial charge in [0.2, 0.25) is 0 Å². The number of carbonyl (C=O) groups excluding carboxylic acids is 2. The highest BCUT2D eigenvalue weighted by atomic mass is 28.4. The third-order valence-electron chi connectivity index (χ3n) is 4.35. The average molecular weight is 286 g/mol. The van der Waals surface area contributed by atoms with E-state index in [2.05, 4.69) is 38.6 Å². The molecule has 110 valence electrons. The van der Waals surface area contributed by atoms with Crippen LogP contribution >= 0.6 is 0 Å². The zero-order chi connectivity index (χ0) is 14.8. The van der Waals surface area contributed by atoms with Gasteiger partial charge in [-0.3, -0.25) is 9.59 Å². The molecule has 2 atom stereocenters. The van der Waals surface area contributed by atoms with Crippen LogP contribution in [0.25, 0.3) is 0 Å². The molecule has 0 N–H and O–H groups in total. The van der Waals surface area contributed by atoms with Crippen molar-refractivity contribution in [3.8, 4) is 0 Å². The van der Waals surface area contributed by atoms with Crippen LogP contribution in [0.5, 0.6) is 0 Å². The van der Waals surface area contributed by atoms with Gasteiger partial charge in [-0.2, -0.15) is 0 Å². The van der Waals surface area contributed by atoms with E-state index in [1.54, 1.807) is 0 Å². The van der Waals surface area contributed by atoms with E-state index in [9.17, 15) is 9.59 Å². The Morgan fingerprint density at radius 3 is 2.32 bits per heavy atom. The SMILES string of the molecule is COC(=O)CC(=O)[C@@H]1C[C@@H]1CO[Si](C)(C)C(C)(C)C. The summed E-state index contributed by atoms with van der Waals surface area (Å²) in [5, 5.41) is 0.188. The van der Waals surface area contributed by atoms with Gasteiger partial charge in [0.15, 0.2) is 8.32 Å². The van der Waals surface area contributed by atoms with E-state index < -0.39 is 14.3 Å². The topological polar surface area (TPSA) is 52.6 Å². The molecule has 5 heteroatoms. The molecule has 0 amide bonds. The van der Waals surface area contributed by atoms with Gasteiger partial charge in [0, 0.05) is 12.5 Å². The van der Waals surface area contributed by atoms with Crippen LogP contribution in [-0.2, 0) is 18.8 Å². The van der Waals surface area contributed by atoms with Gasteiger partial charge in [0.05, 0.1) is 7.11 Å². The van der Waals surface area contributed by atoms with E-state index in [-0.39, 0.29) is 23.2 Å². The summed E-state index contributed by atoms with van der Waals surface area (Å²) in [7, 11) is -0.428. The summed E-state index contributed by atoms with van der Waals surface area (Å²) in [6.07, 6.45) is 0.752. The number of methoxy groups -OCH3 is 1. The first kappa shape index (κ1) is 16.4. The molecule has 19 heavy (non-hydrogen) atoms. The van der Waals surface area contributed by atoms with E-state index in [4.69, 9.17) is 4.43 Å². The molecule has 1 fully saturated rings. The molecule has 1 rings (SSSR count). The molecule has 1 saturated carbocycles. The lowest BCUT2D eigenvalue weighted by Crippen LogP contribution is -2.41. The second kappa shape index (κ2) is 5.75. The molecule has 0 aromatic heterocycles. The summed E-state index contributed by atoms with van der Waals surface area (Å²) in [5.74, 6) is -0.146. The van der Waals surface area contributed by atoms with Crippen LogP contribution in [-0.4, -0.2) is 33.8 Å². The first-order valence-electron chi connectivity index (χ1n) is 6.82. The second-order valence-corrected chi connectivity index (χ2v) is 11.7. The first-order valence-corrected chi connectivity index (χ1v) is 9.73. The number of ketones is 1. The maximum Gasteiger partial charge on any atom is 0.313 e. The Morgan fingerprint density at radius 2 is 1.84 bits per heavy atom. The Labute approximate surface area is 117 Å². The van der Waals surface area contributed by atoms with Gasteiger partial charge >= 0.3 is 5.97 Å². The molecule has 0 saturated heterocycles. The van der Waals surface area contributed by atoms with Gasteiger partial charge in [-0.25, -0.2) is 0 Å². The Kier molecular flexibility index (Phi) is 4.95. The van der Waals surface area contributed by atoms with Crippen LogP contribution in [0.4, 0.5) is 0 Å². The summed E-state index contributed by atoms with van der Waals surface area (Å²) in [4.78, 5) is 22.8. The number of hydrogen-bond donors (Lipinski definition) is 0. The van der Waals surface area contributed by atoms with Crippen molar-refractivity contribution in [2.75, 3.05) is 13.7 Å². The fourth-order valence-electron chi connectivity index (χ4n) is 1.70. The Bertz CT molecular complexity index is 357. The molecule has 1 aliphatic rings. The van der Waals surface area contributed by atoms with Crippen molar-refractivity contribution in [1.82, 2.24) is 0 Å². The quantitative estimate of drug-likeness (QED) is 0.428. The molecule has 0 spiro atoms. The molecule has 0 aliphatic heterocycles. The minimum absolute atomic E-state index is 0.00358. The van der Waals surface area contributed by atoms with Crippen molar-refractivity contribution in [1.29, 1.82) is 0 Å². The number of Topliss-reactive ketones (excluding diaryl/α,β-unsaturated/α-hetero) is 1. The van der Waals surface area contributed by atoms with Gasteiger partial charge in [-0.15, -0.1) is 0 Å². The molecular weight excluding hydrogens is 260 g/mol. The third-order valence-corrected chi connectivity index (χ3v) is 8.85. The Morgan fingerprint density at radius 1 is 1.26 bits per heavy atom. The summed E-state index contributed by atoms with van der Waals surface area (Å²) in [5.41, 5.74) is 0. The van der Waals surface area contributed by atoms with E-state index >= 15 is 0 Å². The van der Waals surface area contributed by atoms with Gasteiger partial charge in [-0.05, 0) is 30.5 Å². The normalized spacial score (nSPS) is 23.1. The van der Waals surface area contributed by atoms with Crippen molar-refractivity contribution >= 4 is 20.1 Å². The zero-order valence-electron chi connectivity index (χ0n) is 12.9. The molecule has 0 bridgehead atoms. The lowest BCUT2D eigenvalue weighted by molar-refractivity contribution is -0.143. The highest BCUT2D eigenvalue weighted by molar-refractivity contribution is 6.74. The van der Waals surface area contributed by atoms with Crippen LogP contribution in [0.3, 0.4) is 0 Å². The first-order chi connectivity index (χ1) is 8.58.